The fourth-order valence-electron chi connectivity index (χ4n) is 2.92. The number of hydrogen-bond acceptors (Lipinski definition) is 4. The number of carbonyl (C=O) groups is 1. The van der Waals surface area contributed by atoms with Crippen LogP contribution >= 0.6 is 0 Å². The van der Waals surface area contributed by atoms with Crippen LogP contribution in [0.4, 0.5) is 0 Å². The fraction of sp³-hybridized carbons (Fsp3) is 0.533. The highest BCUT2D eigenvalue weighted by atomic mass is 16.3. The van der Waals surface area contributed by atoms with Crippen LogP contribution in [0.25, 0.3) is 11.1 Å². The van der Waals surface area contributed by atoms with E-state index in [4.69, 9.17) is 4.42 Å². The first kappa shape index (κ1) is 13.9. The van der Waals surface area contributed by atoms with Gasteiger partial charge in [-0.15, -0.1) is 0 Å². The van der Waals surface area contributed by atoms with E-state index in [1.807, 2.05) is 4.90 Å². The molecule has 1 saturated heterocycles. The quantitative estimate of drug-likeness (QED) is 0.873. The van der Waals surface area contributed by atoms with Crippen molar-refractivity contribution < 1.29 is 9.21 Å². The molecule has 1 N–H and O–H groups in total. The topological polar surface area (TPSA) is 79.2 Å². The standard InChI is InChI=1S/C15H19N3O3/c1-10-11(12-13(19)16-9-17-14(12)21-10)15(20)18-7-5-3-2-4-6-8-18/h9H,2-8H2,1H3,(H,16,17,19). The number of fused-ring (bicyclic) bond motifs is 1. The summed E-state index contributed by atoms with van der Waals surface area (Å²) in [7, 11) is 0. The third-order valence-electron chi connectivity index (χ3n) is 4.03. The number of nitrogens with zero attached hydrogens (tertiary/aromatic N) is 2. The number of nitrogens with one attached hydrogen (secondary N) is 1. The van der Waals surface area contributed by atoms with Gasteiger partial charge in [-0.3, -0.25) is 9.59 Å². The molecule has 0 saturated carbocycles. The number of furan rings is 1. The summed E-state index contributed by atoms with van der Waals surface area (Å²) in [6, 6.07) is 0. The van der Waals surface area contributed by atoms with E-state index in [1.165, 1.54) is 12.7 Å². The van der Waals surface area contributed by atoms with Gasteiger partial charge in [-0.05, 0) is 19.8 Å². The second-order valence-corrected chi connectivity index (χ2v) is 5.51. The smallest absolute Gasteiger partial charge is 0.262 e. The van der Waals surface area contributed by atoms with E-state index in [-0.39, 0.29) is 22.6 Å². The van der Waals surface area contributed by atoms with Gasteiger partial charge < -0.3 is 14.3 Å². The molecule has 0 spiro atoms. The molecular weight excluding hydrogens is 270 g/mol. The van der Waals surface area contributed by atoms with Crippen LogP contribution in [-0.2, 0) is 0 Å². The average molecular weight is 289 g/mol. The predicted molar refractivity (Wildman–Crippen MR) is 78.4 cm³/mol. The summed E-state index contributed by atoms with van der Waals surface area (Å²) in [4.78, 5) is 33.1. The number of aryl methyl sites for hydroxylation is 1. The van der Waals surface area contributed by atoms with Gasteiger partial charge in [0.25, 0.3) is 11.5 Å². The molecule has 6 nitrogen and oxygen atoms in total. The van der Waals surface area contributed by atoms with Gasteiger partial charge in [-0.25, -0.2) is 4.98 Å². The Kier molecular flexibility index (Phi) is 3.77. The van der Waals surface area contributed by atoms with Crippen LogP contribution in [0.15, 0.2) is 15.5 Å². The van der Waals surface area contributed by atoms with E-state index in [0.29, 0.717) is 11.3 Å². The normalized spacial score (nSPS) is 16.7. The molecule has 1 aliphatic heterocycles. The number of aromatic amines is 1. The molecular formula is C15H19N3O3. The minimum Gasteiger partial charge on any atom is -0.442 e. The summed E-state index contributed by atoms with van der Waals surface area (Å²) in [6.07, 6.45) is 6.84. The first-order chi connectivity index (χ1) is 10.2. The molecule has 6 heteroatoms. The third-order valence-corrected chi connectivity index (χ3v) is 4.03. The zero-order chi connectivity index (χ0) is 14.8. The van der Waals surface area contributed by atoms with E-state index in [1.54, 1.807) is 6.92 Å². The van der Waals surface area contributed by atoms with Crippen molar-refractivity contribution in [3.05, 3.63) is 28.0 Å². The maximum atomic E-state index is 12.8. The van der Waals surface area contributed by atoms with Crippen LogP contribution in [0.3, 0.4) is 0 Å². The molecule has 1 fully saturated rings. The Bertz CT molecular complexity index is 709. The van der Waals surface area contributed by atoms with Gasteiger partial charge in [0, 0.05) is 13.1 Å². The van der Waals surface area contributed by atoms with Gasteiger partial charge in [0.15, 0.2) is 0 Å². The first-order valence-corrected chi connectivity index (χ1v) is 7.44. The molecule has 1 amide bonds. The number of rotatable bonds is 1. The highest BCUT2D eigenvalue weighted by Crippen LogP contribution is 2.23. The Labute approximate surface area is 122 Å². The first-order valence-electron chi connectivity index (χ1n) is 7.44. The van der Waals surface area contributed by atoms with Crippen molar-refractivity contribution in [1.29, 1.82) is 0 Å². The predicted octanol–water partition coefficient (Wildman–Crippen LogP) is 2.23. The van der Waals surface area contributed by atoms with Gasteiger partial charge in [0.2, 0.25) is 5.71 Å². The second kappa shape index (κ2) is 5.71. The highest BCUT2D eigenvalue weighted by molar-refractivity contribution is 6.06. The number of aromatic nitrogens is 2. The lowest BCUT2D eigenvalue weighted by molar-refractivity contribution is 0.0742. The Hall–Kier alpha value is -2.11. The number of H-pyrrole nitrogens is 1. The van der Waals surface area contributed by atoms with Gasteiger partial charge in [0.05, 0.1) is 11.9 Å². The summed E-state index contributed by atoms with van der Waals surface area (Å²) in [5.74, 6) is 0.341. The Balaban J connectivity index is 2.00. The number of hydrogen-bond donors (Lipinski definition) is 1. The molecule has 3 heterocycles. The lowest BCUT2D eigenvalue weighted by atomic mass is 10.1. The van der Waals surface area contributed by atoms with Crippen molar-refractivity contribution in [2.45, 2.75) is 39.0 Å². The molecule has 3 rings (SSSR count). The molecule has 0 bridgehead atoms. The summed E-state index contributed by atoms with van der Waals surface area (Å²) in [5.41, 5.74) is 0.263. The SMILES string of the molecule is Cc1oc2nc[nH]c(=O)c2c1C(=O)N1CCCCCCC1. The molecule has 1 aliphatic rings. The van der Waals surface area contributed by atoms with Crippen molar-refractivity contribution >= 4 is 17.0 Å². The molecule has 0 aromatic carbocycles. The van der Waals surface area contributed by atoms with Crippen molar-refractivity contribution in [3.8, 4) is 0 Å². The van der Waals surface area contributed by atoms with Crippen LogP contribution in [0.1, 0.15) is 48.2 Å². The van der Waals surface area contributed by atoms with E-state index >= 15 is 0 Å². The third kappa shape index (κ3) is 2.57. The van der Waals surface area contributed by atoms with Crippen molar-refractivity contribution in [2.75, 3.05) is 13.1 Å². The number of amides is 1. The van der Waals surface area contributed by atoms with Crippen LogP contribution in [0.2, 0.25) is 0 Å². The van der Waals surface area contributed by atoms with Crippen LogP contribution < -0.4 is 5.56 Å². The van der Waals surface area contributed by atoms with Crippen molar-refractivity contribution in [1.82, 2.24) is 14.9 Å². The van der Waals surface area contributed by atoms with E-state index in [0.717, 1.165) is 38.8 Å². The Morgan fingerprint density at radius 2 is 1.90 bits per heavy atom. The lowest BCUT2D eigenvalue weighted by Gasteiger charge is -2.24. The summed E-state index contributed by atoms with van der Waals surface area (Å²) in [5, 5.41) is 0.266. The van der Waals surface area contributed by atoms with E-state index in [9.17, 15) is 9.59 Å². The van der Waals surface area contributed by atoms with Crippen LogP contribution in [-0.4, -0.2) is 33.9 Å². The summed E-state index contributed by atoms with van der Waals surface area (Å²) >= 11 is 0. The zero-order valence-electron chi connectivity index (χ0n) is 12.1. The molecule has 2 aromatic rings. The summed E-state index contributed by atoms with van der Waals surface area (Å²) in [6.45, 7) is 3.19. The molecule has 0 atom stereocenters. The molecule has 21 heavy (non-hydrogen) atoms. The van der Waals surface area contributed by atoms with Gasteiger partial charge in [0.1, 0.15) is 11.1 Å². The Morgan fingerprint density at radius 1 is 1.24 bits per heavy atom. The molecule has 0 unspecified atom stereocenters. The van der Waals surface area contributed by atoms with E-state index < -0.39 is 0 Å². The Morgan fingerprint density at radius 3 is 2.62 bits per heavy atom. The fourth-order valence-corrected chi connectivity index (χ4v) is 2.92. The van der Waals surface area contributed by atoms with Gasteiger partial charge >= 0.3 is 0 Å². The average Bonchev–Trinajstić information content (AvgIpc) is 2.75. The van der Waals surface area contributed by atoms with Crippen LogP contribution in [0.5, 0.6) is 0 Å². The zero-order valence-corrected chi connectivity index (χ0v) is 12.1. The second-order valence-electron chi connectivity index (χ2n) is 5.51. The van der Waals surface area contributed by atoms with Crippen LogP contribution in [0, 0.1) is 6.92 Å². The largest absolute Gasteiger partial charge is 0.442 e. The molecule has 0 aliphatic carbocycles. The minimum atomic E-state index is -0.327. The van der Waals surface area contributed by atoms with E-state index in [2.05, 4.69) is 9.97 Å². The number of carbonyl (C=O) groups excluding carboxylic acids is 1. The highest BCUT2D eigenvalue weighted by Gasteiger charge is 2.25. The van der Waals surface area contributed by atoms with Gasteiger partial charge in [-0.1, -0.05) is 19.3 Å². The summed E-state index contributed by atoms with van der Waals surface area (Å²) < 4.78 is 5.47. The molecule has 2 aromatic heterocycles. The molecule has 112 valence electrons. The monoisotopic (exact) mass is 289 g/mol. The number of likely N-dealkylation sites (tertiary alicyclic amines) is 1. The minimum absolute atomic E-state index is 0.119. The maximum absolute atomic E-state index is 12.8. The van der Waals surface area contributed by atoms with Crippen molar-refractivity contribution in [3.63, 3.8) is 0 Å². The van der Waals surface area contributed by atoms with Gasteiger partial charge in [-0.2, -0.15) is 0 Å². The van der Waals surface area contributed by atoms with Crippen molar-refractivity contribution in [2.24, 2.45) is 0 Å². The maximum Gasteiger partial charge on any atom is 0.262 e. The lowest BCUT2D eigenvalue weighted by Crippen LogP contribution is -2.34. The molecule has 0 radical (unpaired) electrons.